The molecule has 4 heteroatoms. The van der Waals surface area contributed by atoms with Crippen molar-refractivity contribution in [3.8, 4) is 11.5 Å². The average Bonchev–Trinajstić information content (AvgIpc) is 2.72. The first-order chi connectivity index (χ1) is 7.79. The Bertz CT molecular complexity index is 468. The number of benzene rings is 1. The molecule has 2 rings (SSSR count). The summed E-state index contributed by atoms with van der Waals surface area (Å²) >= 11 is 5.15. The number of thiophene rings is 1. The zero-order valence-corrected chi connectivity index (χ0v) is 11.2. The lowest BCUT2D eigenvalue weighted by Crippen LogP contribution is -1.93. The Hall–Kier alpha value is -1.00. The molecule has 0 aliphatic heterocycles. The highest BCUT2D eigenvalue weighted by atomic mass is 79.9. The van der Waals surface area contributed by atoms with E-state index in [4.69, 9.17) is 9.47 Å². The van der Waals surface area contributed by atoms with E-state index >= 15 is 0 Å². The molecule has 0 unspecified atom stereocenters. The molecule has 0 saturated carbocycles. The van der Waals surface area contributed by atoms with Crippen LogP contribution in [0.15, 0.2) is 40.2 Å². The predicted molar refractivity (Wildman–Crippen MR) is 69.3 cm³/mol. The average molecular weight is 299 g/mol. The van der Waals surface area contributed by atoms with E-state index in [2.05, 4.69) is 15.9 Å². The van der Waals surface area contributed by atoms with E-state index in [1.807, 2.05) is 35.7 Å². The van der Waals surface area contributed by atoms with Gasteiger partial charge in [0.25, 0.3) is 0 Å². The van der Waals surface area contributed by atoms with Crippen LogP contribution < -0.4 is 9.47 Å². The van der Waals surface area contributed by atoms with Crippen LogP contribution in [0.4, 0.5) is 0 Å². The molecule has 0 aliphatic rings. The zero-order valence-electron chi connectivity index (χ0n) is 8.77. The molecule has 0 bridgehead atoms. The molecule has 0 fully saturated rings. The fraction of sp³-hybridized carbons (Fsp3) is 0.167. The first-order valence-electron chi connectivity index (χ1n) is 4.78. The molecule has 0 spiro atoms. The quantitative estimate of drug-likeness (QED) is 0.846. The fourth-order valence-corrected chi connectivity index (χ4v) is 2.65. The lowest BCUT2D eigenvalue weighted by molar-refractivity contribution is 0.306. The first kappa shape index (κ1) is 11.5. The third-order valence-corrected chi connectivity index (χ3v) is 4.00. The molecule has 0 N–H and O–H groups in total. The number of ether oxygens (including phenoxy) is 2. The first-order valence-corrected chi connectivity index (χ1v) is 6.45. The molecule has 84 valence electrons. The number of hydrogen-bond donors (Lipinski definition) is 0. The molecule has 1 heterocycles. The maximum Gasteiger partial charge on any atom is 0.124 e. The molecule has 16 heavy (non-hydrogen) atoms. The van der Waals surface area contributed by atoms with Gasteiger partial charge in [0.2, 0.25) is 0 Å². The summed E-state index contributed by atoms with van der Waals surface area (Å²) in [5.74, 6) is 1.63. The Morgan fingerprint density at radius 2 is 2.06 bits per heavy atom. The van der Waals surface area contributed by atoms with Crippen molar-refractivity contribution >= 4 is 27.3 Å². The van der Waals surface area contributed by atoms with Crippen molar-refractivity contribution in [1.29, 1.82) is 0 Å². The normalized spacial score (nSPS) is 10.1. The van der Waals surface area contributed by atoms with Crippen molar-refractivity contribution in [1.82, 2.24) is 0 Å². The monoisotopic (exact) mass is 298 g/mol. The zero-order chi connectivity index (χ0) is 11.4. The molecule has 1 aromatic heterocycles. The van der Waals surface area contributed by atoms with Gasteiger partial charge < -0.3 is 9.47 Å². The highest BCUT2D eigenvalue weighted by Gasteiger charge is 2.02. The van der Waals surface area contributed by atoms with Gasteiger partial charge >= 0.3 is 0 Å². The fourth-order valence-electron chi connectivity index (χ4n) is 1.27. The van der Waals surface area contributed by atoms with Gasteiger partial charge in [-0.2, -0.15) is 0 Å². The van der Waals surface area contributed by atoms with Crippen LogP contribution >= 0.6 is 27.3 Å². The SMILES string of the molecule is COc1cccc(OCc2sccc2Br)c1. The lowest BCUT2D eigenvalue weighted by Gasteiger charge is -2.06. The molecule has 0 atom stereocenters. The largest absolute Gasteiger partial charge is 0.497 e. The second-order valence-corrected chi connectivity index (χ2v) is 5.01. The smallest absolute Gasteiger partial charge is 0.124 e. The summed E-state index contributed by atoms with van der Waals surface area (Å²) in [6, 6.07) is 9.63. The van der Waals surface area contributed by atoms with E-state index in [1.165, 1.54) is 4.88 Å². The highest BCUT2D eigenvalue weighted by molar-refractivity contribution is 9.10. The molecular formula is C12H11BrO2S. The number of rotatable bonds is 4. The Morgan fingerprint density at radius 3 is 2.75 bits per heavy atom. The van der Waals surface area contributed by atoms with E-state index in [1.54, 1.807) is 18.4 Å². The topological polar surface area (TPSA) is 18.5 Å². The van der Waals surface area contributed by atoms with Gasteiger partial charge in [0.1, 0.15) is 18.1 Å². The minimum atomic E-state index is 0.575. The third-order valence-electron chi connectivity index (χ3n) is 2.10. The Morgan fingerprint density at radius 1 is 1.25 bits per heavy atom. The predicted octanol–water partition coefficient (Wildman–Crippen LogP) is 4.10. The van der Waals surface area contributed by atoms with Crippen LogP contribution in [0.25, 0.3) is 0 Å². The van der Waals surface area contributed by atoms with Crippen LogP contribution in [-0.4, -0.2) is 7.11 Å². The van der Waals surface area contributed by atoms with E-state index < -0.39 is 0 Å². The number of methoxy groups -OCH3 is 1. The van der Waals surface area contributed by atoms with Crippen molar-refractivity contribution in [2.45, 2.75) is 6.61 Å². The van der Waals surface area contributed by atoms with Gasteiger partial charge in [0, 0.05) is 10.5 Å². The summed E-state index contributed by atoms with van der Waals surface area (Å²) in [4.78, 5) is 1.18. The summed E-state index contributed by atoms with van der Waals surface area (Å²) in [6.07, 6.45) is 0. The van der Waals surface area contributed by atoms with Crippen molar-refractivity contribution in [3.63, 3.8) is 0 Å². The summed E-state index contributed by atoms with van der Waals surface area (Å²) in [5, 5.41) is 2.04. The van der Waals surface area contributed by atoms with Crippen LogP contribution in [0.1, 0.15) is 4.88 Å². The van der Waals surface area contributed by atoms with Crippen molar-refractivity contribution in [2.75, 3.05) is 7.11 Å². The molecule has 2 aromatic rings. The van der Waals surface area contributed by atoms with E-state index in [9.17, 15) is 0 Å². The molecule has 0 amide bonds. The van der Waals surface area contributed by atoms with Crippen LogP contribution in [0.3, 0.4) is 0 Å². The van der Waals surface area contributed by atoms with Crippen LogP contribution in [0, 0.1) is 0 Å². The minimum Gasteiger partial charge on any atom is -0.497 e. The molecule has 1 aromatic carbocycles. The maximum absolute atomic E-state index is 5.67. The van der Waals surface area contributed by atoms with Gasteiger partial charge in [-0.1, -0.05) is 6.07 Å². The van der Waals surface area contributed by atoms with Gasteiger partial charge in [-0.25, -0.2) is 0 Å². The Kier molecular flexibility index (Phi) is 3.85. The maximum atomic E-state index is 5.67. The second kappa shape index (κ2) is 5.37. The van der Waals surface area contributed by atoms with E-state index in [0.717, 1.165) is 16.0 Å². The third kappa shape index (κ3) is 2.77. The Balaban J connectivity index is 2.02. The molecule has 0 radical (unpaired) electrons. The number of halogens is 1. The minimum absolute atomic E-state index is 0.575. The standard InChI is InChI=1S/C12H11BrO2S/c1-14-9-3-2-4-10(7-9)15-8-12-11(13)5-6-16-12/h2-7H,8H2,1H3. The van der Waals surface area contributed by atoms with Gasteiger partial charge in [-0.05, 0) is 39.5 Å². The molecule has 0 aliphatic carbocycles. The molecule has 2 nitrogen and oxygen atoms in total. The Labute approximate surface area is 107 Å². The van der Waals surface area contributed by atoms with Crippen molar-refractivity contribution < 1.29 is 9.47 Å². The summed E-state index contributed by atoms with van der Waals surface area (Å²) in [6.45, 7) is 0.575. The van der Waals surface area contributed by atoms with E-state index in [0.29, 0.717) is 6.61 Å². The summed E-state index contributed by atoms with van der Waals surface area (Å²) in [5.41, 5.74) is 0. The molecular weight excluding hydrogens is 288 g/mol. The van der Waals surface area contributed by atoms with Crippen LogP contribution in [0.2, 0.25) is 0 Å². The van der Waals surface area contributed by atoms with Gasteiger partial charge in [0.15, 0.2) is 0 Å². The van der Waals surface area contributed by atoms with Gasteiger partial charge in [-0.15, -0.1) is 11.3 Å². The van der Waals surface area contributed by atoms with Crippen LogP contribution in [-0.2, 0) is 6.61 Å². The van der Waals surface area contributed by atoms with Crippen molar-refractivity contribution in [2.24, 2.45) is 0 Å². The van der Waals surface area contributed by atoms with Gasteiger partial charge in [0.05, 0.1) is 12.0 Å². The lowest BCUT2D eigenvalue weighted by atomic mass is 10.3. The highest BCUT2D eigenvalue weighted by Crippen LogP contribution is 2.25. The van der Waals surface area contributed by atoms with Gasteiger partial charge in [-0.3, -0.25) is 0 Å². The van der Waals surface area contributed by atoms with Crippen LogP contribution in [0.5, 0.6) is 11.5 Å². The molecule has 0 saturated heterocycles. The summed E-state index contributed by atoms with van der Waals surface area (Å²) in [7, 11) is 1.65. The summed E-state index contributed by atoms with van der Waals surface area (Å²) < 4.78 is 11.9. The van der Waals surface area contributed by atoms with E-state index in [-0.39, 0.29) is 0 Å². The van der Waals surface area contributed by atoms with Crippen molar-refractivity contribution in [3.05, 3.63) is 45.1 Å². The second-order valence-electron chi connectivity index (χ2n) is 3.16. The number of hydrogen-bond acceptors (Lipinski definition) is 3.